The van der Waals surface area contributed by atoms with E-state index in [0.29, 0.717) is 12.8 Å². The van der Waals surface area contributed by atoms with Crippen LogP contribution in [0.25, 0.3) is 0 Å². The van der Waals surface area contributed by atoms with Crippen LogP contribution in [0.2, 0.25) is 0 Å². The Labute approximate surface area is 95.2 Å². The predicted octanol–water partition coefficient (Wildman–Crippen LogP) is 0.923. The van der Waals surface area contributed by atoms with E-state index in [9.17, 15) is 9.59 Å². The molecule has 0 saturated carbocycles. The normalized spacial score (nSPS) is 23.8. The number of rotatable bonds is 1. The molecule has 0 atom stereocenters. The predicted molar refractivity (Wildman–Crippen MR) is 58.0 cm³/mol. The van der Waals surface area contributed by atoms with E-state index in [-0.39, 0.29) is 17.2 Å². The van der Waals surface area contributed by atoms with Gasteiger partial charge >= 0.3 is 11.9 Å². The molecule has 0 aromatic rings. The molecule has 5 nitrogen and oxygen atoms in total. The second kappa shape index (κ2) is 4.05. The highest BCUT2D eigenvalue weighted by Crippen LogP contribution is 2.30. The van der Waals surface area contributed by atoms with Gasteiger partial charge in [0.2, 0.25) is 0 Å². The fourth-order valence-electron chi connectivity index (χ4n) is 2.51. The maximum Gasteiger partial charge on any atom is 0.417 e. The highest BCUT2D eigenvalue weighted by molar-refractivity contribution is 6.28. The largest absolute Gasteiger partial charge is 0.473 e. The van der Waals surface area contributed by atoms with Crippen molar-refractivity contribution in [3.05, 3.63) is 0 Å². The van der Waals surface area contributed by atoms with E-state index in [1.165, 1.54) is 0 Å². The number of carboxylic acid groups (broad SMARTS) is 1. The highest BCUT2D eigenvalue weighted by Gasteiger charge is 2.39. The SMILES string of the molecule is CC1(C)CC(OC(=O)C(=O)O)CC(C)(C)N1. The van der Waals surface area contributed by atoms with Crippen molar-refractivity contribution < 1.29 is 19.4 Å². The monoisotopic (exact) mass is 229 g/mol. The molecule has 92 valence electrons. The first-order chi connectivity index (χ1) is 7.11. The minimum Gasteiger partial charge on any atom is -0.473 e. The Morgan fingerprint density at radius 2 is 1.62 bits per heavy atom. The summed E-state index contributed by atoms with van der Waals surface area (Å²) in [6, 6.07) is 0. The van der Waals surface area contributed by atoms with Gasteiger partial charge < -0.3 is 15.2 Å². The molecule has 5 heteroatoms. The molecule has 2 N–H and O–H groups in total. The Kier molecular flexibility index (Phi) is 3.28. The van der Waals surface area contributed by atoms with Crippen LogP contribution in [0.3, 0.4) is 0 Å². The van der Waals surface area contributed by atoms with Crippen LogP contribution in [-0.2, 0) is 14.3 Å². The van der Waals surface area contributed by atoms with Crippen molar-refractivity contribution in [3.63, 3.8) is 0 Å². The van der Waals surface area contributed by atoms with E-state index in [1.807, 2.05) is 27.7 Å². The molecule has 1 fully saturated rings. The Morgan fingerprint density at radius 1 is 1.19 bits per heavy atom. The molecule has 0 aromatic carbocycles. The standard InChI is InChI=1S/C11H19NO4/c1-10(2)5-7(6-11(3,4)12-10)16-9(15)8(13)14/h7,12H,5-6H2,1-4H3,(H,13,14). The van der Waals surface area contributed by atoms with Gasteiger partial charge in [0.25, 0.3) is 0 Å². The van der Waals surface area contributed by atoms with Gasteiger partial charge in [0.1, 0.15) is 6.10 Å². The number of piperidine rings is 1. The molecule has 16 heavy (non-hydrogen) atoms. The fraction of sp³-hybridized carbons (Fsp3) is 0.818. The first-order valence-corrected chi connectivity index (χ1v) is 5.35. The van der Waals surface area contributed by atoms with Crippen LogP contribution in [0.4, 0.5) is 0 Å². The Balaban J connectivity index is 2.68. The quantitative estimate of drug-likeness (QED) is 0.516. The van der Waals surface area contributed by atoms with Crippen LogP contribution < -0.4 is 5.32 Å². The van der Waals surface area contributed by atoms with Crippen molar-refractivity contribution in [2.24, 2.45) is 0 Å². The number of carbonyl (C=O) groups excluding carboxylic acids is 1. The molecule has 0 unspecified atom stereocenters. The third-order valence-electron chi connectivity index (χ3n) is 2.60. The molecular weight excluding hydrogens is 210 g/mol. The van der Waals surface area contributed by atoms with Crippen molar-refractivity contribution in [3.8, 4) is 0 Å². The van der Waals surface area contributed by atoms with Crippen molar-refractivity contribution in [1.82, 2.24) is 5.32 Å². The van der Waals surface area contributed by atoms with Gasteiger partial charge in [0.15, 0.2) is 0 Å². The molecule has 0 aromatic heterocycles. The number of aliphatic carboxylic acids is 1. The van der Waals surface area contributed by atoms with Gasteiger partial charge in [-0.15, -0.1) is 0 Å². The Morgan fingerprint density at radius 3 is 2.00 bits per heavy atom. The zero-order chi connectivity index (χ0) is 12.6. The van der Waals surface area contributed by atoms with E-state index in [2.05, 4.69) is 5.32 Å². The van der Waals surface area contributed by atoms with E-state index < -0.39 is 11.9 Å². The number of ether oxygens (including phenoxy) is 1. The lowest BCUT2D eigenvalue weighted by Crippen LogP contribution is -2.59. The molecule has 1 aliphatic heterocycles. The molecule has 0 spiro atoms. The maximum absolute atomic E-state index is 11.0. The summed E-state index contributed by atoms with van der Waals surface area (Å²) in [5.74, 6) is -2.70. The lowest BCUT2D eigenvalue weighted by molar-refractivity contribution is -0.170. The summed E-state index contributed by atoms with van der Waals surface area (Å²) < 4.78 is 4.95. The molecule has 1 saturated heterocycles. The zero-order valence-electron chi connectivity index (χ0n) is 10.2. The van der Waals surface area contributed by atoms with Gasteiger partial charge in [-0.1, -0.05) is 0 Å². The van der Waals surface area contributed by atoms with Crippen LogP contribution in [0.15, 0.2) is 0 Å². The second-order valence-electron chi connectivity index (χ2n) is 5.63. The van der Waals surface area contributed by atoms with Crippen molar-refractivity contribution >= 4 is 11.9 Å². The molecule has 1 heterocycles. The topological polar surface area (TPSA) is 75.6 Å². The summed E-state index contributed by atoms with van der Waals surface area (Å²) in [5, 5.41) is 11.9. The van der Waals surface area contributed by atoms with Gasteiger partial charge in [0, 0.05) is 23.9 Å². The Hall–Kier alpha value is -1.10. The molecular formula is C11H19NO4. The van der Waals surface area contributed by atoms with Crippen molar-refractivity contribution in [1.29, 1.82) is 0 Å². The third-order valence-corrected chi connectivity index (χ3v) is 2.60. The van der Waals surface area contributed by atoms with Crippen molar-refractivity contribution in [2.45, 2.75) is 57.7 Å². The third kappa shape index (κ3) is 3.48. The fourth-order valence-corrected chi connectivity index (χ4v) is 2.51. The number of carbonyl (C=O) groups is 2. The lowest BCUT2D eigenvalue weighted by Gasteiger charge is -2.45. The maximum atomic E-state index is 11.0. The van der Waals surface area contributed by atoms with E-state index in [4.69, 9.17) is 9.84 Å². The average molecular weight is 229 g/mol. The summed E-state index contributed by atoms with van der Waals surface area (Å²) >= 11 is 0. The number of esters is 1. The van der Waals surface area contributed by atoms with Crippen LogP contribution >= 0.6 is 0 Å². The van der Waals surface area contributed by atoms with Crippen LogP contribution in [-0.4, -0.2) is 34.2 Å². The zero-order valence-corrected chi connectivity index (χ0v) is 10.2. The van der Waals surface area contributed by atoms with E-state index >= 15 is 0 Å². The molecule has 0 bridgehead atoms. The van der Waals surface area contributed by atoms with Gasteiger partial charge in [-0.25, -0.2) is 9.59 Å². The smallest absolute Gasteiger partial charge is 0.417 e. The molecule has 0 amide bonds. The number of carboxylic acids is 1. The molecule has 0 radical (unpaired) electrons. The summed E-state index contributed by atoms with van der Waals surface area (Å²) in [6.45, 7) is 8.04. The van der Waals surface area contributed by atoms with Crippen LogP contribution in [0, 0.1) is 0 Å². The first kappa shape index (κ1) is 13.0. The number of hydrogen-bond acceptors (Lipinski definition) is 4. The molecule has 1 rings (SSSR count). The highest BCUT2D eigenvalue weighted by atomic mass is 16.6. The Bertz CT molecular complexity index is 293. The van der Waals surface area contributed by atoms with Gasteiger partial charge in [-0.3, -0.25) is 0 Å². The minimum absolute atomic E-state index is 0.162. The first-order valence-electron chi connectivity index (χ1n) is 5.35. The summed E-state index contributed by atoms with van der Waals surface area (Å²) in [5.41, 5.74) is -0.323. The van der Waals surface area contributed by atoms with E-state index in [0.717, 1.165) is 0 Å². The summed E-state index contributed by atoms with van der Waals surface area (Å²) in [7, 11) is 0. The van der Waals surface area contributed by atoms with Gasteiger partial charge in [-0.2, -0.15) is 0 Å². The van der Waals surface area contributed by atoms with Crippen molar-refractivity contribution in [2.75, 3.05) is 0 Å². The van der Waals surface area contributed by atoms with Gasteiger partial charge in [0.05, 0.1) is 0 Å². The average Bonchev–Trinajstić information content (AvgIpc) is 1.96. The summed E-state index contributed by atoms with van der Waals surface area (Å²) in [4.78, 5) is 21.4. The van der Waals surface area contributed by atoms with Gasteiger partial charge in [-0.05, 0) is 27.7 Å². The minimum atomic E-state index is -1.53. The van der Waals surface area contributed by atoms with E-state index in [1.54, 1.807) is 0 Å². The van der Waals surface area contributed by atoms with Crippen LogP contribution in [0.1, 0.15) is 40.5 Å². The molecule has 1 aliphatic rings. The number of nitrogens with one attached hydrogen (secondary N) is 1. The number of hydrogen-bond donors (Lipinski definition) is 2. The lowest BCUT2D eigenvalue weighted by atomic mass is 9.81. The molecule has 0 aliphatic carbocycles. The summed E-state index contributed by atoms with van der Waals surface area (Å²) in [6.07, 6.45) is 0.903. The van der Waals surface area contributed by atoms with Crippen LogP contribution in [0.5, 0.6) is 0 Å². The second-order valence-corrected chi connectivity index (χ2v) is 5.63.